The lowest BCUT2D eigenvalue weighted by Crippen LogP contribution is -2.45. The fraction of sp³-hybridized carbons (Fsp3) is 0.556. The van der Waals surface area contributed by atoms with Gasteiger partial charge in [-0.1, -0.05) is 17.7 Å². The van der Waals surface area contributed by atoms with E-state index in [9.17, 15) is 14.0 Å². The highest BCUT2D eigenvalue weighted by Crippen LogP contribution is 2.39. The Balaban J connectivity index is 2.13. The van der Waals surface area contributed by atoms with Crippen molar-refractivity contribution in [2.45, 2.75) is 45.4 Å². The van der Waals surface area contributed by atoms with Crippen molar-refractivity contribution in [1.29, 1.82) is 0 Å². The van der Waals surface area contributed by atoms with Crippen LogP contribution in [0.1, 0.15) is 45.6 Å². The summed E-state index contributed by atoms with van der Waals surface area (Å²) < 4.78 is 13.8. The monoisotopic (exact) mass is 355 g/mol. The summed E-state index contributed by atoms with van der Waals surface area (Å²) in [4.78, 5) is 28.6. The molecule has 0 aliphatic carbocycles. The Labute approximate surface area is 146 Å². The van der Waals surface area contributed by atoms with E-state index in [-0.39, 0.29) is 11.0 Å². The van der Waals surface area contributed by atoms with Crippen LogP contribution >= 0.6 is 11.6 Å². The largest absolute Gasteiger partial charge is 0.367 e. The number of hydrogen-bond acceptors (Lipinski definition) is 4. The van der Waals surface area contributed by atoms with Crippen LogP contribution in [0.15, 0.2) is 18.2 Å². The molecule has 0 saturated carbocycles. The summed E-state index contributed by atoms with van der Waals surface area (Å²) in [5.41, 5.74) is -0.257. The summed E-state index contributed by atoms with van der Waals surface area (Å²) in [6.45, 7) is 6.39. The van der Waals surface area contributed by atoms with Gasteiger partial charge in [0.15, 0.2) is 0 Å². The van der Waals surface area contributed by atoms with E-state index in [1.165, 1.54) is 12.1 Å². The van der Waals surface area contributed by atoms with E-state index < -0.39 is 16.6 Å². The quantitative estimate of drug-likeness (QED) is 0.768. The van der Waals surface area contributed by atoms with Gasteiger partial charge in [0.25, 0.3) is 0 Å². The summed E-state index contributed by atoms with van der Waals surface area (Å²) in [6.07, 6.45) is 2.37. The van der Waals surface area contributed by atoms with Crippen LogP contribution in [0.5, 0.6) is 0 Å². The number of benzene rings is 1. The zero-order chi connectivity index (χ0) is 18.0. The fourth-order valence-electron chi connectivity index (χ4n) is 2.86. The van der Waals surface area contributed by atoms with Gasteiger partial charge in [-0.15, -0.1) is 5.06 Å². The normalized spacial score (nSPS) is 18.2. The molecule has 0 aromatic heterocycles. The molecule has 4 nitrogen and oxygen atoms in total. The third-order valence-electron chi connectivity index (χ3n) is 4.51. The SMILES string of the molecule is CC(C)(C)C(=O)ON1CCC(CC=O)(c2ccc(Cl)c(F)c2)CC1. The van der Waals surface area contributed by atoms with E-state index in [2.05, 4.69) is 0 Å². The minimum absolute atomic E-state index is 0.0662. The Morgan fingerprint density at radius 1 is 1.38 bits per heavy atom. The Bertz CT molecular complexity index is 619. The predicted molar refractivity (Wildman–Crippen MR) is 90.1 cm³/mol. The van der Waals surface area contributed by atoms with Crippen molar-refractivity contribution in [2.75, 3.05) is 13.1 Å². The molecule has 0 radical (unpaired) electrons. The van der Waals surface area contributed by atoms with Gasteiger partial charge in [-0.05, 0) is 51.3 Å². The van der Waals surface area contributed by atoms with Crippen molar-refractivity contribution in [3.8, 4) is 0 Å². The summed E-state index contributed by atoms with van der Waals surface area (Å²) in [5.74, 6) is -0.774. The Kier molecular flexibility index (Phi) is 5.66. The van der Waals surface area contributed by atoms with E-state index in [1.54, 1.807) is 31.9 Å². The number of halogens is 2. The molecule has 2 rings (SSSR count). The fourth-order valence-corrected chi connectivity index (χ4v) is 2.97. The highest BCUT2D eigenvalue weighted by Gasteiger charge is 2.38. The van der Waals surface area contributed by atoms with Crippen LogP contribution in [0, 0.1) is 11.2 Å². The lowest BCUT2D eigenvalue weighted by molar-refractivity contribution is -0.207. The van der Waals surface area contributed by atoms with Gasteiger partial charge in [-0.25, -0.2) is 9.18 Å². The second-order valence-electron chi connectivity index (χ2n) is 7.34. The first kappa shape index (κ1) is 18.9. The van der Waals surface area contributed by atoms with Crippen LogP contribution in [0.4, 0.5) is 4.39 Å². The molecule has 24 heavy (non-hydrogen) atoms. The number of rotatable bonds is 4. The maximum atomic E-state index is 13.8. The first-order chi connectivity index (χ1) is 11.2. The molecular formula is C18H23ClFNO3. The average Bonchev–Trinajstić information content (AvgIpc) is 2.51. The second-order valence-corrected chi connectivity index (χ2v) is 7.74. The Morgan fingerprint density at radius 2 is 2.00 bits per heavy atom. The maximum Gasteiger partial charge on any atom is 0.330 e. The molecule has 1 aromatic rings. The van der Waals surface area contributed by atoms with Gasteiger partial charge in [0.05, 0.1) is 10.4 Å². The molecular weight excluding hydrogens is 333 g/mol. The lowest BCUT2D eigenvalue weighted by Gasteiger charge is -2.40. The summed E-state index contributed by atoms with van der Waals surface area (Å²) in [6, 6.07) is 4.69. The zero-order valence-corrected chi connectivity index (χ0v) is 15.0. The molecule has 1 saturated heterocycles. The number of hydrogen-bond donors (Lipinski definition) is 0. The van der Waals surface area contributed by atoms with Gasteiger partial charge in [-0.3, -0.25) is 0 Å². The van der Waals surface area contributed by atoms with Gasteiger partial charge >= 0.3 is 5.97 Å². The molecule has 0 spiro atoms. The molecule has 0 amide bonds. The minimum Gasteiger partial charge on any atom is -0.367 e. The lowest BCUT2D eigenvalue weighted by atomic mass is 9.71. The van der Waals surface area contributed by atoms with Gasteiger partial charge in [0.1, 0.15) is 12.1 Å². The standard InChI is InChI=1S/C18H23ClFNO3/c1-17(2,3)16(23)24-21-9-6-18(7-10-21,8-11-22)13-4-5-14(19)15(20)12-13/h4-5,11-12H,6-10H2,1-3H3. The van der Waals surface area contributed by atoms with Crippen LogP contribution < -0.4 is 0 Å². The third kappa shape index (κ3) is 4.14. The van der Waals surface area contributed by atoms with Crippen LogP contribution in [0.3, 0.4) is 0 Å². The average molecular weight is 356 g/mol. The number of nitrogens with zero attached hydrogens (tertiary/aromatic N) is 1. The highest BCUT2D eigenvalue weighted by atomic mass is 35.5. The van der Waals surface area contributed by atoms with Crippen molar-refractivity contribution >= 4 is 23.9 Å². The third-order valence-corrected chi connectivity index (χ3v) is 4.82. The van der Waals surface area contributed by atoms with E-state index in [0.717, 1.165) is 11.8 Å². The van der Waals surface area contributed by atoms with Gasteiger partial charge in [-0.2, -0.15) is 0 Å². The van der Waals surface area contributed by atoms with Crippen molar-refractivity contribution in [3.63, 3.8) is 0 Å². The summed E-state index contributed by atoms with van der Waals surface area (Å²) in [5, 5.41) is 1.69. The van der Waals surface area contributed by atoms with Crippen LogP contribution in [0.2, 0.25) is 5.02 Å². The van der Waals surface area contributed by atoms with Crippen molar-refractivity contribution in [2.24, 2.45) is 5.41 Å². The molecule has 1 fully saturated rings. The molecule has 1 heterocycles. The number of aldehydes is 1. The van der Waals surface area contributed by atoms with Gasteiger partial charge in [0.2, 0.25) is 0 Å². The van der Waals surface area contributed by atoms with E-state index in [4.69, 9.17) is 16.4 Å². The Morgan fingerprint density at radius 3 is 2.50 bits per heavy atom. The minimum atomic E-state index is -0.573. The topological polar surface area (TPSA) is 46.6 Å². The van der Waals surface area contributed by atoms with E-state index in [1.807, 2.05) is 0 Å². The molecule has 0 N–H and O–H groups in total. The molecule has 1 aliphatic heterocycles. The molecule has 1 aromatic carbocycles. The number of hydroxylamine groups is 2. The van der Waals surface area contributed by atoms with Crippen molar-refractivity contribution in [3.05, 3.63) is 34.6 Å². The smallest absolute Gasteiger partial charge is 0.330 e. The van der Waals surface area contributed by atoms with Gasteiger partial charge < -0.3 is 9.63 Å². The maximum absolute atomic E-state index is 13.8. The Hall–Kier alpha value is -1.46. The summed E-state index contributed by atoms with van der Waals surface area (Å²) >= 11 is 5.75. The molecule has 0 unspecified atom stereocenters. The number of piperidine rings is 1. The molecule has 0 atom stereocenters. The van der Waals surface area contributed by atoms with Crippen molar-refractivity contribution < 1.29 is 18.8 Å². The summed E-state index contributed by atoms with van der Waals surface area (Å²) in [7, 11) is 0. The highest BCUT2D eigenvalue weighted by molar-refractivity contribution is 6.30. The van der Waals surface area contributed by atoms with E-state index >= 15 is 0 Å². The first-order valence-corrected chi connectivity index (χ1v) is 8.42. The van der Waals surface area contributed by atoms with Crippen molar-refractivity contribution in [1.82, 2.24) is 5.06 Å². The molecule has 1 aliphatic rings. The number of carbonyl (C=O) groups is 2. The van der Waals surface area contributed by atoms with Crippen LogP contribution in [0.25, 0.3) is 0 Å². The number of carbonyl (C=O) groups excluding carboxylic acids is 2. The van der Waals surface area contributed by atoms with Gasteiger partial charge in [0, 0.05) is 24.9 Å². The van der Waals surface area contributed by atoms with Crippen LogP contribution in [-0.4, -0.2) is 30.4 Å². The molecule has 132 valence electrons. The molecule has 0 bridgehead atoms. The zero-order valence-electron chi connectivity index (χ0n) is 14.3. The second kappa shape index (κ2) is 7.19. The van der Waals surface area contributed by atoms with Crippen LogP contribution in [-0.2, 0) is 19.8 Å². The molecule has 6 heteroatoms. The predicted octanol–water partition coefficient (Wildman–Crippen LogP) is 3.91. The first-order valence-electron chi connectivity index (χ1n) is 8.04. The van der Waals surface area contributed by atoms with E-state index in [0.29, 0.717) is 32.4 Å².